The van der Waals surface area contributed by atoms with E-state index in [4.69, 9.17) is 0 Å². The van der Waals surface area contributed by atoms with Gasteiger partial charge in [0.1, 0.15) is 0 Å². The second kappa shape index (κ2) is 5.20. The van der Waals surface area contributed by atoms with Crippen molar-refractivity contribution in [3.05, 3.63) is 27.8 Å². The summed E-state index contributed by atoms with van der Waals surface area (Å²) in [6.45, 7) is 9.68. The Balaban J connectivity index is 0.00000196. The molecule has 78 valence electrons. The predicted octanol–water partition coefficient (Wildman–Crippen LogP) is -0.0991. The van der Waals surface area contributed by atoms with Gasteiger partial charge in [-0.1, -0.05) is 16.0 Å². The molecule has 0 unspecified atom stereocenters. The smallest absolute Gasteiger partial charge is 0.420 e. The van der Waals surface area contributed by atoms with Gasteiger partial charge >= 0.3 is 18.9 Å². The van der Waals surface area contributed by atoms with Crippen LogP contribution in [0.4, 0.5) is 0 Å². The molecular weight excluding hydrogens is 203 g/mol. The molecule has 0 saturated heterocycles. The largest absolute Gasteiger partial charge is 1.00 e. The van der Waals surface area contributed by atoms with E-state index in [1.807, 2.05) is 34.6 Å². The summed E-state index contributed by atoms with van der Waals surface area (Å²) in [5.74, 6) is 0. The van der Waals surface area contributed by atoms with E-state index in [0.29, 0.717) is 4.90 Å². The maximum Gasteiger partial charge on any atom is 1.00 e. The van der Waals surface area contributed by atoms with Crippen LogP contribution in [-0.4, -0.2) is 0 Å². The first-order chi connectivity index (χ1) is 6.37. The second-order valence-electron chi connectivity index (χ2n) is 3.69. The van der Waals surface area contributed by atoms with Crippen LogP contribution >= 0.6 is 0 Å². The maximum absolute atomic E-state index is 11.1. The molecular formula is C11H15LiO2S. The molecule has 0 aliphatic rings. The third-order valence-electron chi connectivity index (χ3n) is 3.10. The first kappa shape index (κ1) is 14.8. The summed E-state index contributed by atoms with van der Waals surface area (Å²) in [7, 11) is -2.13. The Kier molecular flexibility index (Phi) is 5.12. The third kappa shape index (κ3) is 2.47. The molecule has 4 heteroatoms. The van der Waals surface area contributed by atoms with Gasteiger partial charge in [0, 0.05) is 0 Å². The molecule has 0 aliphatic carbocycles. The summed E-state index contributed by atoms with van der Waals surface area (Å²) in [6.07, 6.45) is 0. The summed E-state index contributed by atoms with van der Waals surface area (Å²) in [4.78, 5) is 0.464. The van der Waals surface area contributed by atoms with E-state index in [1.165, 1.54) is 5.56 Å². The van der Waals surface area contributed by atoms with Crippen LogP contribution in [0, 0.1) is 34.6 Å². The summed E-state index contributed by atoms with van der Waals surface area (Å²) >= 11 is 0. The Bertz CT molecular complexity index is 425. The molecule has 0 amide bonds. The fourth-order valence-electron chi connectivity index (χ4n) is 1.72. The SMILES string of the molecule is Cc1c(C)c(C)c([S-](=O)=O)c(C)c1C.[Li+]. The third-order valence-corrected chi connectivity index (χ3v) is 4.04. The minimum absolute atomic E-state index is 0. The number of rotatable bonds is 1. The van der Waals surface area contributed by atoms with Gasteiger partial charge in [-0.3, -0.25) is 0 Å². The van der Waals surface area contributed by atoms with Gasteiger partial charge in [-0.15, -0.1) is 0 Å². The molecule has 0 fully saturated rings. The molecule has 0 radical (unpaired) electrons. The molecule has 0 heterocycles. The van der Waals surface area contributed by atoms with Gasteiger partial charge in [0.15, 0.2) is 0 Å². The van der Waals surface area contributed by atoms with Crippen LogP contribution in [0.25, 0.3) is 0 Å². The Morgan fingerprint density at radius 3 is 1.20 bits per heavy atom. The van der Waals surface area contributed by atoms with E-state index in [0.717, 1.165) is 22.3 Å². The minimum Gasteiger partial charge on any atom is -0.420 e. The Labute approximate surface area is 105 Å². The zero-order chi connectivity index (χ0) is 11.0. The van der Waals surface area contributed by atoms with Crippen molar-refractivity contribution in [3.8, 4) is 0 Å². The van der Waals surface area contributed by atoms with Crippen LogP contribution in [0.15, 0.2) is 4.90 Å². The van der Waals surface area contributed by atoms with E-state index in [1.54, 1.807) is 0 Å². The van der Waals surface area contributed by atoms with Gasteiger partial charge in [0.25, 0.3) is 0 Å². The Hall–Kier alpha value is -0.233. The van der Waals surface area contributed by atoms with Gasteiger partial charge < -0.3 is 8.42 Å². The van der Waals surface area contributed by atoms with Gasteiger partial charge in [0.2, 0.25) is 0 Å². The van der Waals surface area contributed by atoms with E-state index in [2.05, 4.69) is 0 Å². The van der Waals surface area contributed by atoms with Crippen LogP contribution in [-0.2, 0) is 19.1 Å². The average Bonchev–Trinajstić information content (AvgIpc) is 2.11. The summed E-state index contributed by atoms with van der Waals surface area (Å²) in [5, 5.41) is 0. The Morgan fingerprint density at radius 1 is 0.667 bits per heavy atom. The summed E-state index contributed by atoms with van der Waals surface area (Å²) in [5.41, 5.74) is 5.09. The van der Waals surface area contributed by atoms with Gasteiger partial charge in [-0.2, -0.15) is 0 Å². The molecule has 15 heavy (non-hydrogen) atoms. The first-order valence-electron chi connectivity index (χ1n) is 4.54. The monoisotopic (exact) mass is 218 g/mol. The van der Waals surface area contributed by atoms with E-state index in [9.17, 15) is 8.42 Å². The van der Waals surface area contributed by atoms with Crippen molar-refractivity contribution in [2.45, 2.75) is 39.5 Å². The number of hydrogen-bond acceptors (Lipinski definition) is 3. The van der Waals surface area contributed by atoms with Gasteiger partial charge in [-0.05, 0) is 62.0 Å². The molecule has 0 saturated carbocycles. The fraction of sp³-hybridized carbons (Fsp3) is 0.455. The molecule has 0 N–H and O–H groups in total. The van der Waals surface area contributed by atoms with Crippen molar-refractivity contribution in [1.82, 2.24) is 0 Å². The van der Waals surface area contributed by atoms with Crippen molar-refractivity contribution < 1.29 is 27.3 Å². The molecule has 2 nitrogen and oxygen atoms in total. The second-order valence-corrected chi connectivity index (χ2v) is 4.57. The molecule has 1 aromatic rings. The zero-order valence-corrected chi connectivity index (χ0v) is 11.0. The maximum atomic E-state index is 11.1. The van der Waals surface area contributed by atoms with E-state index in [-0.39, 0.29) is 18.9 Å². The average molecular weight is 218 g/mol. The fourth-order valence-corrected chi connectivity index (χ4v) is 2.52. The molecule has 0 aliphatic heterocycles. The molecule has 0 bridgehead atoms. The zero-order valence-electron chi connectivity index (χ0n) is 10.2. The first-order valence-corrected chi connectivity index (χ1v) is 5.61. The number of hydrogen-bond donors (Lipinski definition) is 0. The van der Waals surface area contributed by atoms with Gasteiger partial charge in [-0.25, -0.2) is 0 Å². The molecule has 1 aromatic carbocycles. The van der Waals surface area contributed by atoms with Crippen LogP contribution in [0.3, 0.4) is 0 Å². The van der Waals surface area contributed by atoms with Crippen LogP contribution in [0.5, 0.6) is 0 Å². The molecule has 0 spiro atoms. The van der Waals surface area contributed by atoms with Crippen molar-refractivity contribution in [3.63, 3.8) is 0 Å². The molecule has 1 rings (SSSR count). The molecule has 0 atom stereocenters. The van der Waals surface area contributed by atoms with Crippen LogP contribution in [0.2, 0.25) is 0 Å². The Morgan fingerprint density at radius 2 is 0.933 bits per heavy atom. The predicted molar refractivity (Wildman–Crippen MR) is 57.1 cm³/mol. The molecule has 0 aromatic heterocycles. The standard InChI is InChI=1S/C11H15O2S.Li/c1-6-7(2)9(4)11(14(12)13)10(5)8(6)3;/h1-5H3;/q-1;+1. The normalized spacial score (nSPS) is 10.3. The topological polar surface area (TPSA) is 34.1 Å². The van der Waals surface area contributed by atoms with Crippen molar-refractivity contribution in [2.24, 2.45) is 0 Å². The van der Waals surface area contributed by atoms with Crippen molar-refractivity contribution >= 4 is 10.7 Å². The van der Waals surface area contributed by atoms with E-state index >= 15 is 0 Å². The van der Waals surface area contributed by atoms with E-state index < -0.39 is 10.7 Å². The number of benzene rings is 1. The quantitative estimate of drug-likeness (QED) is 0.487. The summed E-state index contributed by atoms with van der Waals surface area (Å²) < 4.78 is 22.1. The van der Waals surface area contributed by atoms with Gasteiger partial charge in [0.05, 0.1) is 0 Å². The van der Waals surface area contributed by atoms with Crippen molar-refractivity contribution in [2.75, 3.05) is 0 Å². The van der Waals surface area contributed by atoms with Crippen LogP contribution < -0.4 is 18.9 Å². The van der Waals surface area contributed by atoms with Crippen LogP contribution in [0.1, 0.15) is 27.8 Å². The summed E-state index contributed by atoms with van der Waals surface area (Å²) in [6, 6.07) is 0. The van der Waals surface area contributed by atoms with Crippen molar-refractivity contribution in [1.29, 1.82) is 0 Å². The minimum atomic E-state index is -2.13.